The zero-order valence-corrected chi connectivity index (χ0v) is 8.18. The first-order valence-corrected chi connectivity index (χ1v) is 4.85. The van der Waals surface area contributed by atoms with Gasteiger partial charge in [0.25, 0.3) is 0 Å². The molecule has 0 atom stereocenters. The summed E-state index contributed by atoms with van der Waals surface area (Å²) in [4.78, 5) is 0. The van der Waals surface area contributed by atoms with Crippen LogP contribution in [0.2, 0.25) is 0 Å². The molecule has 0 saturated heterocycles. The summed E-state index contributed by atoms with van der Waals surface area (Å²) in [5.41, 5.74) is 5.37. The zero-order chi connectivity index (χ0) is 9.52. The smallest absolute Gasteiger partial charge is 0.117 e. The second-order valence-electron chi connectivity index (χ2n) is 3.04. The SMILES string of the molecule is CCc1ccc(CNCCCN)o1. The first-order chi connectivity index (χ1) is 6.36. The highest BCUT2D eigenvalue weighted by Gasteiger charge is 1.98. The lowest BCUT2D eigenvalue weighted by Crippen LogP contribution is -2.17. The molecule has 0 aliphatic carbocycles. The van der Waals surface area contributed by atoms with Gasteiger partial charge in [0, 0.05) is 6.42 Å². The van der Waals surface area contributed by atoms with Gasteiger partial charge in [0.15, 0.2) is 0 Å². The summed E-state index contributed by atoms with van der Waals surface area (Å²) in [6.45, 7) is 4.59. The zero-order valence-electron chi connectivity index (χ0n) is 8.18. The molecule has 1 heterocycles. The van der Waals surface area contributed by atoms with E-state index in [1.54, 1.807) is 0 Å². The van der Waals surface area contributed by atoms with Gasteiger partial charge in [0.2, 0.25) is 0 Å². The third-order valence-electron chi connectivity index (χ3n) is 1.92. The highest BCUT2D eigenvalue weighted by atomic mass is 16.3. The van der Waals surface area contributed by atoms with Crippen molar-refractivity contribution >= 4 is 0 Å². The number of aryl methyl sites for hydroxylation is 1. The largest absolute Gasteiger partial charge is 0.465 e. The Balaban J connectivity index is 2.20. The molecule has 3 N–H and O–H groups in total. The van der Waals surface area contributed by atoms with E-state index in [1.807, 2.05) is 12.1 Å². The van der Waals surface area contributed by atoms with Gasteiger partial charge in [-0.1, -0.05) is 6.92 Å². The molecule has 3 heteroatoms. The summed E-state index contributed by atoms with van der Waals surface area (Å²) in [5, 5.41) is 3.27. The molecule has 0 aliphatic heterocycles. The molecular formula is C10H18N2O. The quantitative estimate of drug-likeness (QED) is 0.652. The fraction of sp³-hybridized carbons (Fsp3) is 0.600. The van der Waals surface area contributed by atoms with Gasteiger partial charge in [0.05, 0.1) is 6.54 Å². The summed E-state index contributed by atoms with van der Waals surface area (Å²) in [7, 11) is 0. The maximum atomic E-state index is 5.52. The third kappa shape index (κ3) is 3.61. The predicted molar refractivity (Wildman–Crippen MR) is 53.5 cm³/mol. The monoisotopic (exact) mass is 182 g/mol. The van der Waals surface area contributed by atoms with E-state index >= 15 is 0 Å². The van der Waals surface area contributed by atoms with Gasteiger partial charge in [-0.25, -0.2) is 0 Å². The average molecular weight is 182 g/mol. The van der Waals surface area contributed by atoms with E-state index in [0.29, 0.717) is 0 Å². The van der Waals surface area contributed by atoms with Crippen molar-refractivity contribution in [2.75, 3.05) is 13.1 Å². The normalized spacial score (nSPS) is 10.6. The Kier molecular flexibility index (Phi) is 4.57. The van der Waals surface area contributed by atoms with Crippen LogP contribution in [-0.4, -0.2) is 13.1 Å². The Morgan fingerprint density at radius 3 is 2.77 bits per heavy atom. The van der Waals surface area contributed by atoms with Gasteiger partial charge in [-0.3, -0.25) is 0 Å². The number of hydrogen-bond acceptors (Lipinski definition) is 3. The Labute approximate surface area is 79.3 Å². The fourth-order valence-corrected chi connectivity index (χ4v) is 1.15. The highest BCUT2D eigenvalue weighted by Crippen LogP contribution is 2.07. The number of hydrogen-bond donors (Lipinski definition) is 2. The standard InChI is InChI=1S/C10H18N2O/c1-2-9-4-5-10(13-9)8-12-7-3-6-11/h4-5,12H,2-3,6-8,11H2,1H3. The highest BCUT2D eigenvalue weighted by molar-refractivity contribution is 5.06. The van der Waals surface area contributed by atoms with E-state index in [4.69, 9.17) is 10.2 Å². The molecular weight excluding hydrogens is 164 g/mol. The van der Waals surface area contributed by atoms with Crippen molar-refractivity contribution in [2.45, 2.75) is 26.3 Å². The minimum absolute atomic E-state index is 0.741. The van der Waals surface area contributed by atoms with E-state index in [0.717, 1.165) is 44.0 Å². The fourth-order valence-electron chi connectivity index (χ4n) is 1.15. The van der Waals surface area contributed by atoms with Gasteiger partial charge < -0.3 is 15.5 Å². The lowest BCUT2D eigenvalue weighted by molar-refractivity contribution is 0.450. The second kappa shape index (κ2) is 5.78. The molecule has 0 bridgehead atoms. The Morgan fingerprint density at radius 2 is 2.15 bits per heavy atom. The Bertz CT molecular complexity index is 233. The van der Waals surface area contributed by atoms with E-state index in [-0.39, 0.29) is 0 Å². The minimum Gasteiger partial charge on any atom is -0.465 e. The van der Waals surface area contributed by atoms with Crippen LogP contribution in [0.5, 0.6) is 0 Å². The first-order valence-electron chi connectivity index (χ1n) is 4.85. The molecule has 0 saturated carbocycles. The topological polar surface area (TPSA) is 51.2 Å². The van der Waals surface area contributed by atoms with Gasteiger partial charge >= 0.3 is 0 Å². The molecule has 0 amide bonds. The summed E-state index contributed by atoms with van der Waals surface area (Å²) >= 11 is 0. The maximum absolute atomic E-state index is 5.52. The molecule has 1 aromatic rings. The summed E-state index contributed by atoms with van der Waals surface area (Å²) in [6, 6.07) is 4.05. The van der Waals surface area contributed by atoms with Gasteiger partial charge in [-0.15, -0.1) is 0 Å². The van der Waals surface area contributed by atoms with E-state index in [9.17, 15) is 0 Å². The maximum Gasteiger partial charge on any atom is 0.117 e. The molecule has 0 unspecified atom stereocenters. The van der Waals surface area contributed by atoms with Crippen LogP contribution < -0.4 is 11.1 Å². The molecule has 0 aliphatic rings. The molecule has 0 fully saturated rings. The second-order valence-corrected chi connectivity index (χ2v) is 3.04. The van der Waals surface area contributed by atoms with Crippen molar-refractivity contribution in [2.24, 2.45) is 5.73 Å². The molecule has 1 aromatic heterocycles. The van der Waals surface area contributed by atoms with Crippen molar-refractivity contribution in [1.29, 1.82) is 0 Å². The molecule has 74 valence electrons. The van der Waals surface area contributed by atoms with Crippen LogP contribution in [0.1, 0.15) is 24.9 Å². The average Bonchev–Trinajstić information content (AvgIpc) is 2.60. The molecule has 0 spiro atoms. The molecule has 0 aromatic carbocycles. The Morgan fingerprint density at radius 1 is 1.38 bits per heavy atom. The van der Waals surface area contributed by atoms with Crippen molar-refractivity contribution < 1.29 is 4.42 Å². The van der Waals surface area contributed by atoms with Crippen LogP contribution in [0.3, 0.4) is 0 Å². The van der Waals surface area contributed by atoms with Crippen molar-refractivity contribution in [3.63, 3.8) is 0 Å². The van der Waals surface area contributed by atoms with Crippen molar-refractivity contribution in [3.8, 4) is 0 Å². The summed E-state index contributed by atoms with van der Waals surface area (Å²) in [5.74, 6) is 2.06. The first kappa shape index (κ1) is 10.3. The lowest BCUT2D eigenvalue weighted by Gasteiger charge is -2.00. The Hall–Kier alpha value is -0.800. The summed E-state index contributed by atoms with van der Waals surface area (Å²) in [6.07, 6.45) is 1.98. The van der Waals surface area contributed by atoms with Crippen LogP contribution in [0.4, 0.5) is 0 Å². The number of nitrogens with two attached hydrogens (primary N) is 1. The molecule has 13 heavy (non-hydrogen) atoms. The molecule has 3 nitrogen and oxygen atoms in total. The van der Waals surface area contributed by atoms with Crippen molar-refractivity contribution in [3.05, 3.63) is 23.7 Å². The van der Waals surface area contributed by atoms with Crippen LogP contribution in [0, 0.1) is 0 Å². The summed E-state index contributed by atoms with van der Waals surface area (Å²) < 4.78 is 5.52. The minimum atomic E-state index is 0.741. The van der Waals surface area contributed by atoms with Crippen LogP contribution in [0.25, 0.3) is 0 Å². The number of furan rings is 1. The number of rotatable bonds is 6. The van der Waals surface area contributed by atoms with Gasteiger partial charge in [-0.05, 0) is 31.6 Å². The van der Waals surface area contributed by atoms with Crippen molar-refractivity contribution in [1.82, 2.24) is 5.32 Å². The molecule has 0 radical (unpaired) electrons. The predicted octanol–water partition coefficient (Wildman–Crippen LogP) is 1.28. The van der Waals surface area contributed by atoms with E-state index in [1.165, 1.54) is 0 Å². The molecule has 1 rings (SSSR count). The third-order valence-corrected chi connectivity index (χ3v) is 1.92. The van der Waals surface area contributed by atoms with E-state index < -0.39 is 0 Å². The van der Waals surface area contributed by atoms with Crippen LogP contribution >= 0.6 is 0 Å². The van der Waals surface area contributed by atoms with E-state index in [2.05, 4.69) is 12.2 Å². The van der Waals surface area contributed by atoms with Gasteiger partial charge in [-0.2, -0.15) is 0 Å². The van der Waals surface area contributed by atoms with Crippen LogP contribution in [0.15, 0.2) is 16.5 Å². The lowest BCUT2D eigenvalue weighted by atomic mass is 10.3. The van der Waals surface area contributed by atoms with Crippen LogP contribution in [-0.2, 0) is 13.0 Å². The number of nitrogens with one attached hydrogen (secondary N) is 1. The van der Waals surface area contributed by atoms with Gasteiger partial charge in [0.1, 0.15) is 11.5 Å².